The van der Waals surface area contributed by atoms with Crippen molar-refractivity contribution in [1.82, 2.24) is 4.98 Å². The second-order valence-corrected chi connectivity index (χ2v) is 3.52. The molecule has 4 nitrogen and oxygen atoms in total. The summed E-state index contributed by atoms with van der Waals surface area (Å²) >= 11 is 0. The smallest absolute Gasteiger partial charge is 0.343 e. The number of hydrogen-bond donors (Lipinski definition) is 0. The second-order valence-electron chi connectivity index (χ2n) is 3.52. The number of carbonyl (C=O) groups excluding carboxylic acids is 1. The van der Waals surface area contributed by atoms with Crippen LogP contribution in [-0.4, -0.2) is 18.1 Å². The van der Waals surface area contributed by atoms with Crippen LogP contribution >= 0.6 is 0 Å². The number of halogens is 2. The number of hydrogen-bond acceptors (Lipinski definition) is 4. The zero-order valence-electron chi connectivity index (χ0n) is 9.89. The van der Waals surface area contributed by atoms with Gasteiger partial charge in [-0.15, -0.1) is 0 Å². The van der Waals surface area contributed by atoms with Gasteiger partial charge in [-0.25, -0.2) is 18.6 Å². The number of pyridine rings is 1. The first-order valence-corrected chi connectivity index (χ1v) is 5.28. The molecular weight excluding hydrogens is 256 g/mol. The summed E-state index contributed by atoms with van der Waals surface area (Å²) in [6, 6.07) is 5.77. The molecule has 0 fully saturated rings. The maximum Gasteiger partial charge on any atom is 0.343 e. The van der Waals surface area contributed by atoms with Crippen molar-refractivity contribution in [3.05, 3.63) is 53.7 Å². The lowest BCUT2D eigenvalue weighted by atomic mass is 10.2. The molecule has 0 saturated carbocycles. The summed E-state index contributed by atoms with van der Waals surface area (Å²) in [6.45, 7) is 0. The highest BCUT2D eigenvalue weighted by molar-refractivity contribution is 5.91. The number of rotatable bonds is 3. The predicted octanol–water partition coefficient (Wildman–Crippen LogP) is 2.94. The Labute approximate surface area is 107 Å². The van der Waals surface area contributed by atoms with Crippen LogP contribution < -0.4 is 4.74 Å². The van der Waals surface area contributed by atoms with E-state index in [4.69, 9.17) is 4.74 Å². The third-order valence-corrected chi connectivity index (χ3v) is 2.28. The highest BCUT2D eigenvalue weighted by Gasteiger charge is 2.16. The topological polar surface area (TPSA) is 48.4 Å². The fourth-order valence-electron chi connectivity index (χ4n) is 1.40. The van der Waals surface area contributed by atoms with Crippen LogP contribution in [0.4, 0.5) is 8.78 Å². The highest BCUT2D eigenvalue weighted by Crippen LogP contribution is 2.26. The van der Waals surface area contributed by atoms with Crippen LogP contribution in [0.5, 0.6) is 11.6 Å². The standard InChI is InChI=1S/C13H9F2NO3/c1-18-13(17)9-3-2-6-16-12(9)19-11-5-4-8(14)7-10(11)15/h2-7H,1H3. The van der Waals surface area contributed by atoms with E-state index in [1.54, 1.807) is 0 Å². The summed E-state index contributed by atoms with van der Waals surface area (Å²) in [5.74, 6) is -2.61. The van der Waals surface area contributed by atoms with Crippen molar-refractivity contribution in [2.24, 2.45) is 0 Å². The van der Waals surface area contributed by atoms with Crippen LogP contribution in [0.25, 0.3) is 0 Å². The molecule has 19 heavy (non-hydrogen) atoms. The molecule has 0 saturated heterocycles. The molecule has 98 valence electrons. The van der Waals surface area contributed by atoms with E-state index in [1.807, 2.05) is 0 Å². The molecular formula is C13H9F2NO3. The van der Waals surface area contributed by atoms with E-state index < -0.39 is 17.6 Å². The average molecular weight is 265 g/mol. The predicted molar refractivity (Wildman–Crippen MR) is 62.0 cm³/mol. The fraction of sp³-hybridized carbons (Fsp3) is 0.0769. The van der Waals surface area contributed by atoms with Crippen LogP contribution in [0.1, 0.15) is 10.4 Å². The van der Waals surface area contributed by atoms with Gasteiger partial charge in [0.05, 0.1) is 7.11 Å². The van der Waals surface area contributed by atoms with Crippen LogP contribution in [0, 0.1) is 11.6 Å². The monoisotopic (exact) mass is 265 g/mol. The van der Waals surface area contributed by atoms with E-state index in [0.717, 1.165) is 12.1 Å². The van der Waals surface area contributed by atoms with Gasteiger partial charge in [-0.2, -0.15) is 0 Å². The van der Waals surface area contributed by atoms with Gasteiger partial charge in [0.1, 0.15) is 11.4 Å². The van der Waals surface area contributed by atoms with E-state index >= 15 is 0 Å². The van der Waals surface area contributed by atoms with Gasteiger partial charge in [0.2, 0.25) is 5.88 Å². The number of aromatic nitrogens is 1. The molecule has 0 amide bonds. The third kappa shape index (κ3) is 2.85. The first kappa shape index (κ1) is 12.9. The van der Waals surface area contributed by atoms with Crippen molar-refractivity contribution in [3.8, 4) is 11.6 Å². The number of esters is 1. The molecule has 1 aromatic heterocycles. The number of nitrogens with zero attached hydrogens (tertiary/aromatic N) is 1. The maximum absolute atomic E-state index is 13.4. The Balaban J connectivity index is 2.35. The summed E-state index contributed by atoms with van der Waals surface area (Å²) in [4.78, 5) is 15.3. The van der Waals surface area contributed by atoms with Crippen LogP contribution in [0.3, 0.4) is 0 Å². The largest absolute Gasteiger partial charge is 0.465 e. The summed E-state index contributed by atoms with van der Waals surface area (Å²) in [7, 11) is 1.21. The Morgan fingerprint density at radius 3 is 2.74 bits per heavy atom. The van der Waals surface area contributed by atoms with Gasteiger partial charge >= 0.3 is 5.97 Å². The number of benzene rings is 1. The van der Waals surface area contributed by atoms with Crippen molar-refractivity contribution in [3.63, 3.8) is 0 Å². The Morgan fingerprint density at radius 2 is 2.05 bits per heavy atom. The van der Waals surface area contributed by atoms with Crippen molar-refractivity contribution in [1.29, 1.82) is 0 Å². The lowest BCUT2D eigenvalue weighted by molar-refractivity contribution is 0.0597. The molecule has 0 N–H and O–H groups in total. The zero-order valence-corrected chi connectivity index (χ0v) is 9.89. The molecule has 2 rings (SSSR count). The normalized spacial score (nSPS) is 10.1. The van der Waals surface area contributed by atoms with Gasteiger partial charge in [0.25, 0.3) is 0 Å². The summed E-state index contributed by atoms with van der Waals surface area (Å²) in [6.07, 6.45) is 1.38. The minimum absolute atomic E-state index is 0.0497. The molecule has 2 aromatic rings. The zero-order chi connectivity index (χ0) is 13.8. The summed E-state index contributed by atoms with van der Waals surface area (Å²) < 4.78 is 35.9. The third-order valence-electron chi connectivity index (χ3n) is 2.28. The van der Waals surface area contributed by atoms with E-state index in [0.29, 0.717) is 6.07 Å². The fourth-order valence-corrected chi connectivity index (χ4v) is 1.40. The van der Waals surface area contributed by atoms with Crippen molar-refractivity contribution in [2.75, 3.05) is 7.11 Å². The maximum atomic E-state index is 13.4. The van der Waals surface area contributed by atoms with Crippen molar-refractivity contribution >= 4 is 5.97 Å². The van der Waals surface area contributed by atoms with E-state index in [1.165, 1.54) is 25.4 Å². The van der Waals surface area contributed by atoms with Gasteiger partial charge in [-0.3, -0.25) is 0 Å². The Kier molecular flexibility index (Phi) is 3.70. The number of ether oxygens (including phenoxy) is 2. The Bertz CT molecular complexity index is 617. The summed E-state index contributed by atoms with van der Waals surface area (Å²) in [5, 5.41) is 0. The van der Waals surface area contributed by atoms with Gasteiger partial charge in [0, 0.05) is 12.3 Å². The molecule has 0 atom stereocenters. The molecule has 0 spiro atoms. The van der Waals surface area contributed by atoms with E-state index in [-0.39, 0.29) is 17.2 Å². The molecule has 1 heterocycles. The molecule has 0 unspecified atom stereocenters. The van der Waals surface area contributed by atoms with Crippen molar-refractivity contribution in [2.45, 2.75) is 0 Å². The van der Waals surface area contributed by atoms with Gasteiger partial charge < -0.3 is 9.47 Å². The summed E-state index contributed by atoms with van der Waals surface area (Å²) in [5.41, 5.74) is 0.0497. The molecule has 0 radical (unpaired) electrons. The number of methoxy groups -OCH3 is 1. The highest BCUT2D eigenvalue weighted by atomic mass is 19.1. The lowest BCUT2D eigenvalue weighted by Gasteiger charge is -2.08. The first-order chi connectivity index (χ1) is 9.11. The van der Waals surface area contributed by atoms with Gasteiger partial charge in [0.15, 0.2) is 11.6 Å². The van der Waals surface area contributed by atoms with Crippen LogP contribution in [0.15, 0.2) is 36.5 Å². The SMILES string of the molecule is COC(=O)c1cccnc1Oc1ccc(F)cc1F. The molecule has 0 aliphatic carbocycles. The van der Waals surface area contributed by atoms with E-state index in [2.05, 4.69) is 9.72 Å². The minimum Gasteiger partial charge on any atom is -0.465 e. The van der Waals surface area contributed by atoms with Crippen LogP contribution in [-0.2, 0) is 4.74 Å². The minimum atomic E-state index is -0.888. The lowest BCUT2D eigenvalue weighted by Crippen LogP contribution is -2.05. The van der Waals surface area contributed by atoms with Gasteiger partial charge in [-0.05, 0) is 24.3 Å². The molecule has 1 aromatic carbocycles. The number of carbonyl (C=O) groups is 1. The molecule has 0 bridgehead atoms. The molecule has 0 aliphatic rings. The van der Waals surface area contributed by atoms with E-state index in [9.17, 15) is 13.6 Å². The Morgan fingerprint density at radius 1 is 1.26 bits per heavy atom. The Hall–Kier alpha value is -2.50. The average Bonchev–Trinajstić information content (AvgIpc) is 2.41. The van der Waals surface area contributed by atoms with Crippen molar-refractivity contribution < 1.29 is 23.0 Å². The molecule has 0 aliphatic heterocycles. The van der Waals surface area contributed by atoms with Crippen LogP contribution in [0.2, 0.25) is 0 Å². The molecule has 6 heteroatoms. The first-order valence-electron chi connectivity index (χ1n) is 5.28. The van der Waals surface area contributed by atoms with Gasteiger partial charge in [-0.1, -0.05) is 0 Å². The second kappa shape index (κ2) is 5.43. The quantitative estimate of drug-likeness (QED) is 0.800.